The minimum Gasteiger partial charge on any atom is -0.488 e. The minimum absolute atomic E-state index is 0.0312. The summed E-state index contributed by atoms with van der Waals surface area (Å²) in [4.78, 5) is 32.9. The molecule has 3 rings (SSSR count). The predicted octanol–water partition coefficient (Wildman–Crippen LogP) is 1.42. The Morgan fingerprint density at radius 1 is 1.32 bits per heavy atom. The number of imidazole rings is 1. The molecule has 0 saturated heterocycles. The van der Waals surface area contributed by atoms with Crippen LogP contribution in [0.2, 0.25) is 0 Å². The summed E-state index contributed by atoms with van der Waals surface area (Å²) in [5.41, 5.74) is 0.740. The van der Waals surface area contributed by atoms with Gasteiger partial charge in [0.15, 0.2) is 5.03 Å². The number of urea groups is 1. The van der Waals surface area contributed by atoms with Gasteiger partial charge in [0.25, 0.3) is 10.0 Å². The molecule has 1 aromatic heterocycles. The molecule has 0 radical (unpaired) electrons. The Bertz CT molecular complexity index is 1250. The molecule has 1 aliphatic rings. The Labute approximate surface area is 224 Å². The number of rotatable bonds is 8. The van der Waals surface area contributed by atoms with E-state index in [1.807, 2.05) is 20.8 Å². The number of fused-ring (bicyclic) bond motifs is 1. The number of aryl methyl sites for hydroxylation is 1. The van der Waals surface area contributed by atoms with E-state index in [2.05, 4.69) is 15.0 Å². The Morgan fingerprint density at radius 3 is 2.63 bits per heavy atom. The van der Waals surface area contributed by atoms with Crippen LogP contribution in [0.25, 0.3) is 0 Å². The van der Waals surface area contributed by atoms with Gasteiger partial charge in [-0.25, -0.2) is 9.78 Å². The first-order valence-electron chi connectivity index (χ1n) is 12.5. The van der Waals surface area contributed by atoms with Gasteiger partial charge in [0.1, 0.15) is 11.9 Å². The van der Waals surface area contributed by atoms with Crippen LogP contribution in [0.4, 0.5) is 10.5 Å². The van der Waals surface area contributed by atoms with Crippen LogP contribution in [-0.4, -0.2) is 89.7 Å². The molecular formula is C25H38N6O6S. The summed E-state index contributed by atoms with van der Waals surface area (Å²) in [6.45, 7) is 7.81. The van der Waals surface area contributed by atoms with Gasteiger partial charge in [0.2, 0.25) is 5.91 Å². The molecule has 210 valence electrons. The molecule has 3 N–H and O–H groups in total. The van der Waals surface area contributed by atoms with Gasteiger partial charge < -0.3 is 29.5 Å². The molecule has 3 atom stereocenters. The lowest BCUT2D eigenvalue weighted by atomic mass is 10.0. The Hall–Kier alpha value is -3.32. The quantitative estimate of drug-likeness (QED) is 0.451. The third-order valence-corrected chi connectivity index (χ3v) is 7.60. The van der Waals surface area contributed by atoms with Crippen LogP contribution in [0, 0.1) is 5.92 Å². The summed E-state index contributed by atoms with van der Waals surface area (Å²) < 4.78 is 36.0. The number of nitrogens with one attached hydrogen (secondary N) is 2. The van der Waals surface area contributed by atoms with E-state index in [1.165, 1.54) is 22.0 Å². The van der Waals surface area contributed by atoms with Crippen LogP contribution in [-0.2, 0) is 28.3 Å². The fourth-order valence-electron chi connectivity index (χ4n) is 4.16. The van der Waals surface area contributed by atoms with Crippen molar-refractivity contribution >= 4 is 27.6 Å². The Balaban J connectivity index is 1.95. The number of hydrogen-bond acceptors (Lipinski definition) is 7. The second-order valence-electron chi connectivity index (χ2n) is 10.2. The molecule has 0 spiro atoms. The summed E-state index contributed by atoms with van der Waals surface area (Å²) in [6.07, 6.45) is 2.25. The monoisotopic (exact) mass is 550 g/mol. The summed E-state index contributed by atoms with van der Waals surface area (Å²) in [5, 5.41) is 12.5. The number of sulfonamides is 1. The number of benzene rings is 1. The number of carbonyl (C=O) groups excluding carboxylic acids is 2. The van der Waals surface area contributed by atoms with Gasteiger partial charge in [0, 0.05) is 50.0 Å². The summed E-state index contributed by atoms with van der Waals surface area (Å²) >= 11 is 0. The van der Waals surface area contributed by atoms with E-state index >= 15 is 0 Å². The van der Waals surface area contributed by atoms with Gasteiger partial charge in [-0.15, -0.1) is 0 Å². The number of aliphatic hydroxyl groups is 1. The highest BCUT2D eigenvalue weighted by Crippen LogP contribution is 2.30. The Morgan fingerprint density at radius 2 is 2.03 bits per heavy atom. The number of aliphatic hydroxyl groups excluding tert-OH is 1. The topological polar surface area (TPSA) is 146 Å². The van der Waals surface area contributed by atoms with Gasteiger partial charge in [0.05, 0.1) is 31.9 Å². The second-order valence-corrected chi connectivity index (χ2v) is 11.8. The summed E-state index contributed by atoms with van der Waals surface area (Å²) in [7, 11) is -0.594. The van der Waals surface area contributed by atoms with Crippen molar-refractivity contribution in [3.05, 3.63) is 36.3 Å². The van der Waals surface area contributed by atoms with Gasteiger partial charge >= 0.3 is 6.03 Å². The molecule has 38 heavy (non-hydrogen) atoms. The third kappa shape index (κ3) is 7.16. The van der Waals surface area contributed by atoms with Crippen LogP contribution >= 0.6 is 0 Å². The highest BCUT2D eigenvalue weighted by molar-refractivity contribution is 7.92. The Kier molecular flexibility index (Phi) is 9.26. The fourth-order valence-corrected chi connectivity index (χ4v) is 5.19. The van der Waals surface area contributed by atoms with E-state index in [-0.39, 0.29) is 54.2 Å². The minimum atomic E-state index is -3.94. The zero-order valence-electron chi connectivity index (χ0n) is 22.7. The molecule has 0 saturated carbocycles. The third-order valence-electron chi connectivity index (χ3n) is 6.34. The van der Waals surface area contributed by atoms with Crippen molar-refractivity contribution < 1.29 is 27.9 Å². The molecule has 13 heteroatoms. The van der Waals surface area contributed by atoms with E-state index < -0.39 is 22.2 Å². The van der Waals surface area contributed by atoms with E-state index in [0.29, 0.717) is 17.9 Å². The van der Waals surface area contributed by atoms with Crippen molar-refractivity contribution in [3.8, 4) is 5.75 Å². The molecule has 0 fully saturated rings. The first-order valence-corrected chi connectivity index (χ1v) is 14.0. The van der Waals surface area contributed by atoms with Crippen molar-refractivity contribution in [2.24, 2.45) is 13.0 Å². The first-order chi connectivity index (χ1) is 17.8. The van der Waals surface area contributed by atoms with Gasteiger partial charge in [-0.3, -0.25) is 9.52 Å². The highest BCUT2D eigenvalue weighted by Gasteiger charge is 2.32. The second kappa shape index (κ2) is 12.0. The molecule has 12 nitrogen and oxygen atoms in total. The van der Waals surface area contributed by atoms with Crippen LogP contribution in [0.15, 0.2) is 35.7 Å². The first kappa shape index (κ1) is 29.2. The van der Waals surface area contributed by atoms with Gasteiger partial charge in [-0.1, -0.05) is 6.92 Å². The van der Waals surface area contributed by atoms with Crippen molar-refractivity contribution in [3.63, 3.8) is 0 Å². The number of anilines is 1. The maximum Gasteiger partial charge on any atom is 0.317 e. The standard InChI is InChI=1S/C25H38N6O6S/c1-16(2)27-25(34)30(6)12-22-17(3)11-31(18(4)14-32)24(33)10-19-9-20(7-8-21(19)37-22)28-38(35,36)23-13-29(5)15-26-23/h7-9,13,15-18,22,28,32H,10-12,14H2,1-6H3,(H,27,34)/t17-,18-,22-/m0/s1. The largest absolute Gasteiger partial charge is 0.488 e. The number of nitrogens with zero attached hydrogens (tertiary/aromatic N) is 4. The molecule has 1 aromatic carbocycles. The van der Waals surface area contributed by atoms with Crippen molar-refractivity contribution in [2.75, 3.05) is 31.5 Å². The number of aromatic nitrogens is 2. The average Bonchev–Trinajstić information content (AvgIpc) is 3.30. The van der Waals surface area contributed by atoms with Gasteiger partial charge in [-0.2, -0.15) is 8.42 Å². The van der Waals surface area contributed by atoms with Crippen LogP contribution in [0.5, 0.6) is 5.75 Å². The lowest BCUT2D eigenvalue weighted by Gasteiger charge is -2.34. The number of amides is 3. The SMILES string of the molecule is CC(C)NC(=O)N(C)C[C@@H]1Oc2ccc(NS(=O)(=O)c3cn(C)cn3)cc2CC(=O)N([C@@H](C)CO)C[C@@H]1C. The number of likely N-dealkylation sites (N-methyl/N-ethyl adjacent to an activating group) is 1. The number of ether oxygens (including phenoxy) is 1. The molecule has 0 unspecified atom stereocenters. The van der Waals surface area contributed by atoms with Gasteiger partial charge in [-0.05, 0) is 39.0 Å². The maximum absolute atomic E-state index is 13.3. The molecule has 1 aliphatic heterocycles. The predicted molar refractivity (Wildman–Crippen MR) is 142 cm³/mol. The number of carbonyl (C=O) groups is 2. The molecule has 3 amide bonds. The molecule has 2 aromatic rings. The van der Waals surface area contributed by atoms with Crippen molar-refractivity contribution in [1.29, 1.82) is 0 Å². The van der Waals surface area contributed by atoms with Crippen LogP contribution in [0.3, 0.4) is 0 Å². The number of hydrogen-bond donors (Lipinski definition) is 3. The smallest absolute Gasteiger partial charge is 0.317 e. The van der Waals surface area contributed by atoms with E-state index in [9.17, 15) is 23.1 Å². The molecule has 0 bridgehead atoms. The maximum atomic E-state index is 13.3. The molecular weight excluding hydrogens is 512 g/mol. The zero-order chi connectivity index (χ0) is 28.2. The van der Waals surface area contributed by atoms with Crippen molar-refractivity contribution in [2.45, 2.75) is 57.3 Å². The zero-order valence-corrected chi connectivity index (χ0v) is 23.5. The van der Waals surface area contributed by atoms with E-state index in [4.69, 9.17) is 4.74 Å². The molecule has 2 heterocycles. The lowest BCUT2D eigenvalue weighted by Crippen LogP contribution is -2.49. The molecule has 0 aliphatic carbocycles. The van der Waals surface area contributed by atoms with Crippen molar-refractivity contribution in [1.82, 2.24) is 24.7 Å². The van der Waals surface area contributed by atoms with E-state index in [0.717, 1.165) is 0 Å². The average molecular weight is 551 g/mol. The highest BCUT2D eigenvalue weighted by atomic mass is 32.2. The van der Waals surface area contributed by atoms with E-state index in [1.54, 1.807) is 44.1 Å². The van der Waals surface area contributed by atoms with Crippen LogP contribution < -0.4 is 14.8 Å². The normalized spacial score (nSPS) is 19.1. The fraction of sp³-hybridized carbons (Fsp3) is 0.560. The lowest BCUT2D eigenvalue weighted by molar-refractivity contribution is -0.134. The van der Waals surface area contributed by atoms with Crippen LogP contribution in [0.1, 0.15) is 33.3 Å². The summed E-state index contributed by atoms with van der Waals surface area (Å²) in [6, 6.07) is 4.05. The summed E-state index contributed by atoms with van der Waals surface area (Å²) in [5.74, 6) is 0.0160.